The molecule has 0 saturated carbocycles. The number of hydrogen-bond acceptors (Lipinski definition) is 3. The minimum absolute atomic E-state index is 0.487. The van der Waals surface area contributed by atoms with Crippen molar-refractivity contribution >= 4 is 11.6 Å². The summed E-state index contributed by atoms with van der Waals surface area (Å²) in [6, 6.07) is 7.60. The lowest BCUT2D eigenvalue weighted by Gasteiger charge is -2.10. The molecule has 3 nitrogen and oxygen atoms in total. The molecule has 0 amide bonds. The average Bonchev–Trinajstić information content (AvgIpc) is 2.88. The van der Waals surface area contributed by atoms with Crippen LogP contribution in [0.3, 0.4) is 0 Å². The maximum atomic E-state index is 5.98. The minimum atomic E-state index is 0.487. The summed E-state index contributed by atoms with van der Waals surface area (Å²) in [6.45, 7) is 6.34. The van der Waals surface area contributed by atoms with Crippen molar-refractivity contribution in [3.63, 3.8) is 0 Å². The summed E-state index contributed by atoms with van der Waals surface area (Å²) in [5.41, 5.74) is 2.14. The molecule has 0 atom stereocenters. The number of hydrogen-bond donors (Lipinski definition) is 1. The van der Waals surface area contributed by atoms with E-state index >= 15 is 0 Å². The van der Waals surface area contributed by atoms with Gasteiger partial charge < -0.3 is 14.5 Å². The van der Waals surface area contributed by atoms with Crippen LogP contribution in [0.15, 0.2) is 34.9 Å². The molecule has 1 heterocycles. The second kappa shape index (κ2) is 7.36. The number of nitrogens with one attached hydrogen (secondary N) is 1. The zero-order valence-corrected chi connectivity index (χ0v) is 12.7. The van der Waals surface area contributed by atoms with Crippen LogP contribution in [-0.4, -0.2) is 6.54 Å². The second-order valence-corrected chi connectivity index (χ2v) is 5.18. The van der Waals surface area contributed by atoms with E-state index in [-0.39, 0.29) is 0 Å². The first kappa shape index (κ1) is 14.9. The van der Waals surface area contributed by atoms with Crippen LogP contribution in [-0.2, 0) is 13.2 Å². The summed E-state index contributed by atoms with van der Waals surface area (Å²) in [5.74, 6) is 1.74. The highest BCUT2D eigenvalue weighted by Gasteiger charge is 2.08. The Balaban J connectivity index is 1.97. The predicted octanol–water partition coefficient (Wildman–Crippen LogP) is 4.32. The van der Waals surface area contributed by atoms with Gasteiger partial charge in [-0.3, -0.25) is 0 Å². The molecule has 0 radical (unpaired) electrons. The smallest absolute Gasteiger partial charge is 0.124 e. The number of benzene rings is 1. The maximum Gasteiger partial charge on any atom is 0.124 e. The van der Waals surface area contributed by atoms with Gasteiger partial charge in [0, 0.05) is 10.6 Å². The van der Waals surface area contributed by atoms with Crippen molar-refractivity contribution in [2.24, 2.45) is 0 Å². The molecule has 0 saturated heterocycles. The monoisotopic (exact) mass is 293 g/mol. The molecule has 0 aliphatic carbocycles. The largest absolute Gasteiger partial charge is 0.488 e. The van der Waals surface area contributed by atoms with E-state index in [0.717, 1.165) is 42.1 Å². The van der Waals surface area contributed by atoms with E-state index in [1.807, 2.05) is 31.2 Å². The Hall–Kier alpha value is -1.45. The fourth-order valence-corrected chi connectivity index (χ4v) is 2.08. The van der Waals surface area contributed by atoms with Gasteiger partial charge in [-0.15, -0.1) is 0 Å². The molecule has 1 aromatic heterocycles. The third-order valence-electron chi connectivity index (χ3n) is 3.08. The van der Waals surface area contributed by atoms with Crippen LogP contribution in [0.5, 0.6) is 5.75 Å². The van der Waals surface area contributed by atoms with Crippen molar-refractivity contribution in [3.05, 3.63) is 52.4 Å². The molecule has 2 rings (SSSR count). The summed E-state index contributed by atoms with van der Waals surface area (Å²) in [6.07, 6.45) is 2.81. The van der Waals surface area contributed by atoms with E-state index in [9.17, 15) is 0 Å². The number of halogens is 1. The standard InChI is InChI=1S/C16H20ClNO2/c1-3-7-18-10-16-13(6-8-19-16)11-20-15-9-14(17)5-4-12(15)2/h4-6,8-9,18H,3,7,10-11H2,1-2H3. The Kier molecular flexibility index (Phi) is 5.50. The third-order valence-corrected chi connectivity index (χ3v) is 3.32. The predicted molar refractivity (Wildman–Crippen MR) is 81.2 cm³/mol. The number of furan rings is 1. The van der Waals surface area contributed by atoms with Gasteiger partial charge in [0.2, 0.25) is 0 Å². The number of ether oxygens (including phenoxy) is 1. The van der Waals surface area contributed by atoms with E-state index in [4.69, 9.17) is 20.8 Å². The molecule has 108 valence electrons. The van der Waals surface area contributed by atoms with Gasteiger partial charge in [0.25, 0.3) is 0 Å². The van der Waals surface area contributed by atoms with Gasteiger partial charge in [0.15, 0.2) is 0 Å². The molecule has 20 heavy (non-hydrogen) atoms. The molecular formula is C16H20ClNO2. The molecule has 1 N–H and O–H groups in total. The van der Waals surface area contributed by atoms with Gasteiger partial charge in [-0.1, -0.05) is 24.6 Å². The van der Waals surface area contributed by atoms with Crippen molar-refractivity contribution in [1.29, 1.82) is 0 Å². The third kappa shape index (κ3) is 4.02. The summed E-state index contributed by atoms with van der Waals surface area (Å²) in [5, 5.41) is 4.01. The highest BCUT2D eigenvalue weighted by Crippen LogP contribution is 2.24. The first-order valence-electron chi connectivity index (χ1n) is 6.85. The van der Waals surface area contributed by atoms with Gasteiger partial charge in [-0.05, 0) is 43.7 Å². The first-order valence-corrected chi connectivity index (χ1v) is 7.23. The van der Waals surface area contributed by atoms with Crippen molar-refractivity contribution in [2.45, 2.75) is 33.4 Å². The SMILES string of the molecule is CCCNCc1occc1COc1cc(Cl)ccc1C. The van der Waals surface area contributed by atoms with E-state index in [1.165, 1.54) is 0 Å². The molecule has 0 fully saturated rings. The number of rotatable bonds is 7. The lowest BCUT2D eigenvalue weighted by molar-refractivity contribution is 0.299. The fourth-order valence-electron chi connectivity index (χ4n) is 1.91. The zero-order chi connectivity index (χ0) is 14.4. The molecular weight excluding hydrogens is 274 g/mol. The van der Waals surface area contributed by atoms with E-state index in [0.29, 0.717) is 11.6 Å². The molecule has 0 aliphatic rings. The van der Waals surface area contributed by atoms with Crippen molar-refractivity contribution in [2.75, 3.05) is 6.54 Å². The fraction of sp³-hybridized carbons (Fsp3) is 0.375. The minimum Gasteiger partial charge on any atom is -0.488 e. The van der Waals surface area contributed by atoms with Gasteiger partial charge >= 0.3 is 0 Å². The van der Waals surface area contributed by atoms with Crippen LogP contribution in [0.25, 0.3) is 0 Å². The average molecular weight is 294 g/mol. The van der Waals surface area contributed by atoms with Crippen LogP contribution in [0.4, 0.5) is 0 Å². The topological polar surface area (TPSA) is 34.4 Å². The normalized spacial score (nSPS) is 10.8. The van der Waals surface area contributed by atoms with Crippen molar-refractivity contribution in [1.82, 2.24) is 5.32 Å². The second-order valence-electron chi connectivity index (χ2n) is 4.74. The van der Waals surface area contributed by atoms with Crippen LogP contribution in [0, 0.1) is 6.92 Å². The lowest BCUT2D eigenvalue weighted by atomic mass is 10.2. The van der Waals surface area contributed by atoms with Crippen LogP contribution in [0.2, 0.25) is 5.02 Å². The molecule has 0 spiro atoms. The van der Waals surface area contributed by atoms with Crippen LogP contribution < -0.4 is 10.1 Å². The maximum absolute atomic E-state index is 5.98. The molecule has 4 heteroatoms. The molecule has 0 bridgehead atoms. The Bertz CT molecular complexity index is 551. The summed E-state index contributed by atoms with van der Waals surface area (Å²) < 4.78 is 11.3. The quantitative estimate of drug-likeness (QED) is 0.772. The van der Waals surface area contributed by atoms with E-state index in [1.54, 1.807) is 6.26 Å². The Morgan fingerprint density at radius 3 is 2.95 bits per heavy atom. The van der Waals surface area contributed by atoms with Gasteiger partial charge in [0.05, 0.1) is 12.8 Å². The van der Waals surface area contributed by atoms with Crippen molar-refractivity contribution in [3.8, 4) is 5.75 Å². The Morgan fingerprint density at radius 1 is 1.30 bits per heavy atom. The molecule has 1 aromatic carbocycles. The summed E-state index contributed by atoms with van der Waals surface area (Å²) in [7, 11) is 0. The van der Waals surface area contributed by atoms with Gasteiger partial charge in [-0.25, -0.2) is 0 Å². The zero-order valence-electron chi connectivity index (χ0n) is 11.9. The summed E-state index contributed by atoms with van der Waals surface area (Å²) >= 11 is 5.98. The summed E-state index contributed by atoms with van der Waals surface area (Å²) in [4.78, 5) is 0. The molecule has 0 unspecified atom stereocenters. The molecule has 2 aromatic rings. The highest BCUT2D eigenvalue weighted by molar-refractivity contribution is 6.30. The molecule has 0 aliphatic heterocycles. The van der Waals surface area contributed by atoms with Crippen LogP contribution >= 0.6 is 11.6 Å². The number of aryl methyl sites for hydroxylation is 1. The Labute approximate surface area is 124 Å². The lowest BCUT2D eigenvalue weighted by Crippen LogP contribution is -2.14. The van der Waals surface area contributed by atoms with Crippen LogP contribution in [0.1, 0.15) is 30.2 Å². The van der Waals surface area contributed by atoms with E-state index in [2.05, 4.69) is 12.2 Å². The first-order chi connectivity index (χ1) is 9.70. The van der Waals surface area contributed by atoms with E-state index < -0.39 is 0 Å². The Morgan fingerprint density at radius 2 is 2.15 bits per heavy atom. The van der Waals surface area contributed by atoms with Gasteiger partial charge in [0.1, 0.15) is 18.1 Å². The highest BCUT2D eigenvalue weighted by atomic mass is 35.5. The van der Waals surface area contributed by atoms with Gasteiger partial charge in [-0.2, -0.15) is 0 Å². The van der Waals surface area contributed by atoms with Crippen molar-refractivity contribution < 1.29 is 9.15 Å².